The number of hydrogen-bond donors (Lipinski definition) is 0. The van der Waals surface area contributed by atoms with Crippen LogP contribution in [0.1, 0.15) is 33.0 Å². The van der Waals surface area contributed by atoms with Gasteiger partial charge in [0.05, 0.1) is 17.9 Å². The lowest BCUT2D eigenvalue weighted by Crippen LogP contribution is -2.27. The Hall–Kier alpha value is -3.41. The molecule has 0 aliphatic rings. The number of carbonyl (C=O) groups is 1. The second-order valence-electron chi connectivity index (χ2n) is 7.66. The van der Waals surface area contributed by atoms with Gasteiger partial charge in [-0.25, -0.2) is 4.98 Å². The van der Waals surface area contributed by atoms with E-state index < -0.39 is 0 Å². The van der Waals surface area contributed by atoms with Crippen LogP contribution in [0.4, 0.5) is 0 Å². The molecule has 3 aromatic heterocycles. The number of carbonyl (C=O) groups excluding carboxylic acids is 1. The lowest BCUT2D eigenvalue weighted by molar-refractivity contribution is 0.0776. The number of imidazole rings is 1. The number of hydrogen-bond acceptors (Lipinski definition) is 3. The van der Waals surface area contributed by atoms with Crippen molar-refractivity contribution in [1.29, 1.82) is 0 Å². The molecule has 0 unspecified atom stereocenters. The molecule has 0 fully saturated rings. The third kappa shape index (κ3) is 3.53. The molecule has 0 bridgehead atoms. The quantitative estimate of drug-likeness (QED) is 0.533. The Labute approximate surface area is 170 Å². The molecule has 0 saturated carbocycles. The molecule has 1 aromatic carbocycles. The van der Waals surface area contributed by atoms with Crippen molar-refractivity contribution in [1.82, 2.24) is 24.1 Å². The molecular weight excluding hydrogens is 362 g/mol. The van der Waals surface area contributed by atoms with Gasteiger partial charge in [-0.15, -0.1) is 0 Å². The highest BCUT2D eigenvalue weighted by molar-refractivity contribution is 5.92. The summed E-state index contributed by atoms with van der Waals surface area (Å²) in [5, 5.41) is 4.33. The molecule has 0 spiro atoms. The molecule has 6 nitrogen and oxygen atoms in total. The van der Waals surface area contributed by atoms with E-state index in [-0.39, 0.29) is 5.91 Å². The van der Waals surface area contributed by atoms with Gasteiger partial charge < -0.3 is 9.30 Å². The zero-order valence-corrected chi connectivity index (χ0v) is 17.5. The lowest BCUT2D eigenvalue weighted by Gasteiger charge is -2.17. The van der Waals surface area contributed by atoms with Gasteiger partial charge in [-0.3, -0.25) is 9.48 Å². The Morgan fingerprint density at radius 1 is 1.03 bits per heavy atom. The number of aromatic nitrogens is 4. The van der Waals surface area contributed by atoms with Crippen molar-refractivity contribution in [2.75, 3.05) is 7.05 Å². The summed E-state index contributed by atoms with van der Waals surface area (Å²) in [4.78, 5) is 19.5. The van der Waals surface area contributed by atoms with Crippen molar-refractivity contribution in [3.63, 3.8) is 0 Å². The monoisotopic (exact) mass is 387 g/mol. The minimum Gasteiger partial charge on any atom is -0.334 e. The first-order valence-corrected chi connectivity index (χ1v) is 9.64. The van der Waals surface area contributed by atoms with Gasteiger partial charge in [-0.05, 0) is 38.5 Å². The summed E-state index contributed by atoms with van der Waals surface area (Å²) >= 11 is 0. The van der Waals surface area contributed by atoms with Crippen LogP contribution in [0.25, 0.3) is 16.9 Å². The highest BCUT2D eigenvalue weighted by Gasteiger charge is 2.21. The first-order valence-electron chi connectivity index (χ1n) is 9.64. The van der Waals surface area contributed by atoms with Crippen molar-refractivity contribution in [2.45, 2.75) is 27.3 Å². The smallest absolute Gasteiger partial charge is 0.274 e. The molecule has 0 radical (unpaired) electrons. The molecule has 0 saturated heterocycles. The second-order valence-corrected chi connectivity index (χ2v) is 7.66. The summed E-state index contributed by atoms with van der Waals surface area (Å²) in [7, 11) is 3.65. The first kappa shape index (κ1) is 18.9. The largest absolute Gasteiger partial charge is 0.334 e. The third-order valence-corrected chi connectivity index (χ3v) is 5.26. The molecule has 4 aromatic rings. The number of amides is 1. The van der Waals surface area contributed by atoms with Crippen LogP contribution in [0.2, 0.25) is 0 Å². The van der Waals surface area contributed by atoms with Gasteiger partial charge in [0.15, 0.2) is 5.69 Å². The lowest BCUT2D eigenvalue weighted by atomic mass is 10.1. The molecule has 0 aliphatic heterocycles. The van der Waals surface area contributed by atoms with E-state index in [2.05, 4.69) is 59.9 Å². The van der Waals surface area contributed by atoms with E-state index in [0.717, 1.165) is 33.9 Å². The minimum absolute atomic E-state index is 0.105. The zero-order chi connectivity index (χ0) is 20.7. The van der Waals surface area contributed by atoms with Crippen LogP contribution >= 0.6 is 0 Å². The number of nitrogens with zero attached hydrogens (tertiary/aromatic N) is 5. The van der Waals surface area contributed by atoms with Crippen LogP contribution in [0.5, 0.6) is 0 Å². The summed E-state index contributed by atoms with van der Waals surface area (Å²) in [6, 6.07) is 14.2. The van der Waals surface area contributed by atoms with E-state index in [1.807, 2.05) is 26.1 Å². The highest BCUT2D eigenvalue weighted by atomic mass is 16.2. The van der Waals surface area contributed by atoms with Crippen LogP contribution in [0, 0.1) is 20.8 Å². The van der Waals surface area contributed by atoms with Gasteiger partial charge in [-0.1, -0.05) is 35.9 Å². The van der Waals surface area contributed by atoms with Crippen LogP contribution in [-0.4, -0.2) is 37.0 Å². The summed E-state index contributed by atoms with van der Waals surface area (Å²) in [6.07, 6.45) is 2.07. The Balaban J connectivity index is 1.76. The summed E-state index contributed by atoms with van der Waals surface area (Å²) < 4.78 is 3.80. The van der Waals surface area contributed by atoms with Crippen molar-refractivity contribution in [3.8, 4) is 11.3 Å². The minimum atomic E-state index is -0.105. The summed E-state index contributed by atoms with van der Waals surface area (Å²) in [5.74, 6) is -0.105. The molecule has 0 aliphatic carbocycles. The third-order valence-electron chi connectivity index (χ3n) is 5.26. The van der Waals surface area contributed by atoms with Gasteiger partial charge in [0, 0.05) is 31.5 Å². The van der Waals surface area contributed by atoms with Crippen LogP contribution in [0.3, 0.4) is 0 Å². The SMILES string of the molecule is Cc1ccc(-c2nc3ccc(C)cn3c2CN(C)C(=O)c2cc(C)n(C)n2)cc1. The van der Waals surface area contributed by atoms with E-state index in [4.69, 9.17) is 4.98 Å². The van der Waals surface area contributed by atoms with E-state index in [0.29, 0.717) is 12.2 Å². The topological polar surface area (TPSA) is 55.4 Å². The predicted molar refractivity (Wildman–Crippen MR) is 114 cm³/mol. The maximum atomic E-state index is 13.0. The molecule has 0 N–H and O–H groups in total. The van der Waals surface area contributed by atoms with Crippen molar-refractivity contribution in [3.05, 3.63) is 76.9 Å². The number of aryl methyl sites for hydroxylation is 4. The molecule has 6 heteroatoms. The van der Waals surface area contributed by atoms with Gasteiger partial charge in [0.2, 0.25) is 0 Å². The molecule has 3 heterocycles. The molecular formula is C23H25N5O. The standard InChI is InChI=1S/C23H25N5O/c1-15-6-9-18(10-7-15)22-20(28-13-16(2)8-11-21(28)24-22)14-26(4)23(29)19-12-17(3)27(5)25-19/h6-13H,14H2,1-5H3. The van der Waals surface area contributed by atoms with Gasteiger partial charge in [0.25, 0.3) is 5.91 Å². The average molecular weight is 387 g/mol. The van der Waals surface area contributed by atoms with E-state index >= 15 is 0 Å². The fourth-order valence-corrected chi connectivity index (χ4v) is 3.45. The van der Waals surface area contributed by atoms with Crippen molar-refractivity contribution >= 4 is 11.6 Å². The van der Waals surface area contributed by atoms with Crippen LogP contribution in [-0.2, 0) is 13.6 Å². The highest BCUT2D eigenvalue weighted by Crippen LogP contribution is 2.26. The van der Waals surface area contributed by atoms with E-state index in [9.17, 15) is 4.79 Å². The normalized spacial score (nSPS) is 11.2. The van der Waals surface area contributed by atoms with Crippen LogP contribution < -0.4 is 0 Å². The number of fused-ring (bicyclic) bond motifs is 1. The van der Waals surface area contributed by atoms with E-state index in [1.165, 1.54) is 5.56 Å². The Morgan fingerprint density at radius 3 is 2.38 bits per heavy atom. The van der Waals surface area contributed by atoms with Gasteiger partial charge in [0.1, 0.15) is 5.65 Å². The Bertz CT molecular complexity index is 1180. The van der Waals surface area contributed by atoms with Crippen molar-refractivity contribution < 1.29 is 4.79 Å². The van der Waals surface area contributed by atoms with Crippen LogP contribution in [0.15, 0.2) is 48.7 Å². The van der Waals surface area contributed by atoms with Crippen molar-refractivity contribution in [2.24, 2.45) is 7.05 Å². The Kier molecular flexibility index (Phi) is 4.70. The van der Waals surface area contributed by atoms with E-state index in [1.54, 1.807) is 16.6 Å². The maximum absolute atomic E-state index is 13.0. The molecule has 4 rings (SSSR count). The predicted octanol–water partition coefficient (Wildman–Crippen LogP) is 3.93. The number of benzene rings is 1. The molecule has 29 heavy (non-hydrogen) atoms. The van der Waals surface area contributed by atoms with Gasteiger partial charge in [-0.2, -0.15) is 5.10 Å². The second kappa shape index (κ2) is 7.20. The maximum Gasteiger partial charge on any atom is 0.274 e. The van der Waals surface area contributed by atoms with Gasteiger partial charge >= 0.3 is 0 Å². The molecule has 148 valence electrons. The number of rotatable bonds is 4. The molecule has 0 atom stereocenters. The fraction of sp³-hybridized carbons (Fsp3) is 0.261. The first-order chi connectivity index (χ1) is 13.8. The summed E-state index contributed by atoms with van der Waals surface area (Å²) in [5.41, 5.74) is 7.54. The molecule has 1 amide bonds. The average Bonchev–Trinajstić information content (AvgIpc) is 3.22. The Morgan fingerprint density at radius 2 is 1.72 bits per heavy atom. The fourth-order valence-electron chi connectivity index (χ4n) is 3.45. The number of pyridine rings is 1. The summed E-state index contributed by atoms with van der Waals surface area (Å²) in [6.45, 7) is 6.49. The zero-order valence-electron chi connectivity index (χ0n) is 17.5.